The molecule has 3 aromatic rings. The summed E-state index contributed by atoms with van der Waals surface area (Å²) < 4.78 is 51.9. The van der Waals surface area contributed by atoms with Crippen LogP contribution in [-0.4, -0.2) is 15.0 Å². The number of hydrogen-bond acceptors (Lipinski definition) is 5. The molecule has 3 rings (SSSR count). The fourth-order valence-corrected chi connectivity index (χ4v) is 4.13. The molecule has 0 aliphatic rings. The molecule has 0 aliphatic heterocycles. The maximum atomic E-state index is 13.5. The van der Waals surface area contributed by atoms with E-state index in [1.807, 2.05) is 6.07 Å². The van der Waals surface area contributed by atoms with Crippen molar-refractivity contribution < 1.29 is 17.6 Å². The summed E-state index contributed by atoms with van der Waals surface area (Å²) >= 11 is 8.13. The van der Waals surface area contributed by atoms with E-state index >= 15 is 0 Å². The number of H-pyrrole nitrogens is 1. The quantitative estimate of drug-likeness (QED) is 0.384. The molecule has 0 atom stereocenters. The van der Waals surface area contributed by atoms with Gasteiger partial charge in [-0.2, -0.15) is 23.1 Å². The summed E-state index contributed by atoms with van der Waals surface area (Å²) in [6.07, 6.45) is -4.65. The number of benzene rings is 2. The van der Waals surface area contributed by atoms with Crippen LogP contribution >= 0.6 is 35.1 Å². The number of nitrogens with one attached hydrogen (secondary N) is 1. The van der Waals surface area contributed by atoms with Crippen molar-refractivity contribution in [3.63, 3.8) is 0 Å². The lowest BCUT2D eigenvalue weighted by Crippen LogP contribution is -2.14. The first-order valence-electron chi connectivity index (χ1n) is 8.04. The number of nitrogens with zero attached hydrogens (tertiary/aromatic N) is 2. The predicted octanol–water partition coefficient (Wildman–Crippen LogP) is 5.56. The molecule has 0 amide bonds. The average Bonchev–Trinajstić information content (AvgIpc) is 2.63. The number of rotatable bonds is 6. The molecule has 29 heavy (non-hydrogen) atoms. The van der Waals surface area contributed by atoms with E-state index < -0.39 is 23.2 Å². The maximum absolute atomic E-state index is 13.5. The molecule has 2 aromatic carbocycles. The van der Waals surface area contributed by atoms with E-state index in [1.54, 1.807) is 18.2 Å². The summed E-state index contributed by atoms with van der Waals surface area (Å²) in [5.41, 5.74) is -0.668. The SMILES string of the molecule is O=c1nc(SCc2cc(F)cc(C(F)(F)F)c2)nc(SCc2cccc(Cl)c2)[nH]1. The van der Waals surface area contributed by atoms with Crippen LogP contribution in [0, 0.1) is 5.82 Å². The standard InChI is InChI=1S/C18H12ClF4N3OS2/c19-13-3-1-2-10(5-13)8-28-16-24-15(27)25-17(26-16)29-9-11-4-12(18(21,22)23)7-14(20)6-11/h1-7H,8-9H2,(H,24,25,26,27). The van der Waals surface area contributed by atoms with E-state index in [2.05, 4.69) is 15.0 Å². The largest absolute Gasteiger partial charge is 0.416 e. The Bertz CT molecular complexity index is 1080. The van der Waals surface area contributed by atoms with Gasteiger partial charge in [0.1, 0.15) is 5.82 Å². The summed E-state index contributed by atoms with van der Waals surface area (Å²) in [5.74, 6) is -0.515. The highest BCUT2D eigenvalue weighted by molar-refractivity contribution is 7.99. The molecule has 0 fully saturated rings. The lowest BCUT2D eigenvalue weighted by molar-refractivity contribution is -0.137. The smallest absolute Gasteiger partial charge is 0.285 e. The second kappa shape index (κ2) is 9.19. The van der Waals surface area contributed by atoms with E-state index in [-0.39, 0.29) is 16.5 Å². The van der Waals surface area contributed by atoms with Gasteiger partial charge in [-0.1, -0.05) is 47.3 Å². The van der Waals surface area contributed by atoms with Crippen molar-refractivity contribution in [2.75, 3.05) is 0 Å². The van der Waals surface area contributed by atoms with Crippen molar-refractivity contribution in [1.82, 2.24) is 15.0 Å². The van der Waals surface area contributed by atoms with Gasteiger partial charge in [0.05, 0.1) is 5.56 Å². The van der Waals surface area contributed by atoms with Crippen LogP contribution in [0.2, 0.25) is 5.02 Å². The molecule has 0 radical (unpaired) electrons. The van der Waals surface area contributed by atoms with Crippen LogP contribution in [-0.2, 0) is 17.7 Å². The molecule has 0 spiro atoms. The van der Waals surface area contributed by atoms with Crippen molar-refractivity contribution >= 4 is 35.1 Å². The van der Waals surface area contributed by atoms with Crippen LogP contribution < -0.4 is 5.69 Å². The Balaban J connectivity index is 1.70. The highest BCUT2D eigenvalue weighted by Crippen LogP contribution is 2.32. The lowest BCUT2D eigenvalue weighted by Gasteiger charge is -2.09. The van der Waals surface area contributed by atoms with Gasteiger partial charge in [0, 0.05) is 16.5 Å². The second-order valence-electron chi connectivity index (χ2n) is 5.79. The second-order valence-corrected chi connectivity index (χ2v) is 8.14. The minimum absolute atomic E-state index is 0.0251. The van der Waals surface area contributed by atoms with Crippen LogP contribution in [0.3, 0.4) is 0 Å². The van der Waals surface area contributed by atoms with Gasteiger partial charge in [-0.15, -0.1) is 0 Å². The third-order valence-corrected chi connectivity index (χ3v) is 5.62. The molecule has 1 N–H and O–H groups in total. The Morgan fingerprint density at radius 1 is 1.00 bits per heavy atom. The molecule has 0 unspecified atom stereocenters. The fraction of sp³-hybridized carbons (Fsp3) is 0.167. The summed E-state index contributed by atoms with van der Waals surface area (Å²) in [4.78, 5) is 22.2. The van der Waals surface area contributed by atoms with Crippen LogP contribution in [0.5, 0.6) is 0 Å². The number of alkyl halides is 3. The van der Waals surface area contributed by atoms with Gasteiger partial charge in [-0.05, 0) is 41.5 Å². The van der Waals surface area contributed by atoms with Gasteiger partial charge in [0.15, 0.2) is 10.3 Å². The van der Waals surface area contributed by atoms with Crippen molar-refractivity contribution in [2.45, 2.75) is 28.0 Å². The molecular formula is C18H12ClF4N3OS2. The van der Waals surface area contributed by atoms with Crippen molar-refractivity contribution in [1.29, 1.82) is 0 Å². The predicted molar refractivity (Wildman–Crippen MR) is 105 cm³/mol. The van der Waals surface area contributed by atoms with Gasteiger partial charge < -0.3 is 0 Å². The Labute approximate surface area is 176 Å². The summed E-state index contributed by atoms with van der Waals surface area (Å²) in [6, 6.07) is 9.50. The molecular weight excluding hydrogens is 450 g/mol. The van der Waals surface area contributed by atoms with E-state index in [1.165, 1.54) is 11.8 Å². The highest BCUT2D eigenvalue weighted by atomic mass is 35.5. The normalized spacial score (nSPS) is 11.6. The van der Waals surface area contributed by atoms with Gasteiger partial charge in [-0.25, -0.2) is 9.18 Å². The third kappa shape index (κ3) is 6.48. The van der Waals surface area contributed by atoms with Gasteiger partial charge >= 0.3 is 11.9 Å². The number of halogens is 5. The number of aromatic nitrogens is 3. The van der Waals surface area contributed by atoms with Crippen LogP contribution in [0.1, 0.15) is 16.7 Å². The summed E-state index contributed by atoms with van der Waals surface area (Å²) in [6.45, 7) is 0. The van der Waals surface area contributed by atoms with Crippen molar-refractivity contribution in [2.24, 2.45) is 0 Å². The Morgan fingerprint density at radius 2 is 1.76 bits per heavy atom. The first kappa shape index (κ1) is 21.7. The minimum Gasteiger partial charge on any atom is -0.285 e. The minimum atomic E-state index is -4.65. The zero-order chi connectivity index (χ0) is 21.0. The lowest BCUT2D eigenvalue weighted by atomic mass is 10.1. The molecule has 0 saturated heterocycles. The first-order valence-corrected chi connectivity index (χ1v) is 10.4. The van der Waals surface area contributed by atoms with Gasteiger partial charge in [0.25, 0.3) is 0 Å². The Hall–Kier alpha value is -2.04. The van der Waals surface area contributed by atoms with Crippen molar-refractivity contribution in [3.05, 3.63) is 80.5 Å². The molecule has 1 aromatic heterocycles. The third-order valence-electron chi connectivity index (χ3n) is 3.53. The number of aromatic amines is 1. The van der Waals surface area contributed by atoms with Crippen LogP contribution in [0.4, 0.5) is 17.6 Å². The van der Waals surface area contributed by atoms with Crippen LogP contribution in [0.25, 0.3) is 0 Å². The molecule has 1 heterocycles. The molecule has 0 aliphatic carbocycles. The van der Waals surface area contributed by atoms with E-state index in [4.69, 9.17) is 11.6 Å². The Morgan fingerprint density at radius 3 is 2.48 bits per heavy atom. The van der Waals surface area contributed by atoms with Crippen LogP contribution in [0.15, 0.2) is 57.6 Å². The summed E-state index contributed by atoms with van der Waals surface area (Å²) in [5, 5.41) is 0.978. The van der Waals surface area contributed by atoms with E-state index in [0.29, 0.717) is 22.0 Å². The maximum Gasteiger partial charge on any atom is 0.416 e. The molecule has 0 bridgehead atoms. The highest BCUT2D eigenvalue weighted by Gasteiger charge is 2.31. The topological polar surface area (TPSA) is 58.6 Å². The number of thioether (sulfide) groups is 2. The zero-order valence-electron chi connectivity index (χ0n) is 14.5. The van der Waals surface area contributed by atoms with Gasteiger partial charge in [-0.3, -0.25) is 4.98 Å². The summed E-state index contributed by atoms with van der Waals surface area (Å²) in [7, 11) is 0. The zero-order valence-corrected chi connectivity index (χ0v) is 16.9. The molecule has 4 nitrogen and oxygen atoms in total. The van der Waals surface area contributed by atoms with E-state index in [9.17, 15) is 22.4 Å². The fourth-order valence-electron chi connectivity index (χ4n) is 2.30. The number of hydrogen-bond donors (Lipinski definition) is 1. The monoisotopic (exact) mass is 461 g/mol. The van der Waals surface area contributed by atoms with E-state index in [0.717, 1.165) is 29.5 Å². The molecule has 0 saturated carbocycles. The molecule has 11 heteroatoms. The average molecular weight is 462 g/mol. The Kier molecular flexibility index (Phi) is 6.86. The van der Waals surface area contributed by atoms with Crippen molar-refractivity contribution in [3.8, 4) is 0 Å². The van der Waals surface area contributed by atoms with Gasteiger partial charge in [0.2, 0.25) is 0 Å². The first-order chi connectivity index (χ1) is 13.7. The molecule has 152 valence electrons.